The fraction of sp³-hybridized carbons (Fsp3) is 0.833. The van der Waals surface area contributed by atoms with E-state index in [9.17, 15) is 9.59 Å². The molecule has 2 N–H and O–H groups in total. The number of nitrogens with one attached hydrogen (secondary N) is 2. The molecule has 0 aromatic carbocycles. The molecule has 0 saturated carbocycles. The maximum absolute atomic E-state index is 11.8. The van der Waals surface area contributed by atoms with Crippen molar-refractivity contribution in [3.05, 3.63) is 0 Å². The minimum absolute atomic E-state index is 0.0755. The Morgan fingerprint density at radius 2 is 2.24 bits per heavy atom. The Hall–Kier alpha value is -1.10. The standard InChI is InChI=1S/C12H22N2O3/c1-4-12(2,11(16)17-3)14-10(15)7-9-5-6-13-8-9/h9,13H,4-8H2,1-3H3,(H,14,15)/t9-,12?/m0/s1. The zero-order chi connectivity index (χ0) is 12.9. The van der Waals surface area contributed by atoms with Crippen LogP contribution in [0.15, 0.2) is 0 Å². The van der Waals surface area contributed by atoms with Crippen LogP contribution in [0.5, 0.6) is 0 Å². The molecule has 0 aromatic heterocycles. The third-order valence-electron chi connectivity index (χ3n) is 3.39. The van der Waals surface area contributed by atoms with Gasteiger partial charge in [0, 0.05) is 6.42 Å². The molecule has 2 atom stereocenters. The Kier molecular flexibility index (Phi) is 4.93. The lowest BCUT2D eigenvalue weighted by atomic mass is 9.97. The number of carbonyl (C=O) groups excluding carboxylic acids is 2. The molecule has 5 heteroatoms. The van der Waals surface area contributed by atoms with Crippen LogP contribution < -0.4 is 10.6 Å². The molecule has 1 saturated heterocycles. The average Bonchev–Trinajstić information content (AvgIpc) is 2.80. The maximum Gasteiger partial charge on any atom is 0.331 e. The van der Waals surface area contributed by atoms with Crippen LogP contribution in [-0.2, 0) is 14.3 Å². The first-order valence-corrected chi connectivity index (χ1v) is 6.12. The summed E-state index contributed by atoms with van der Waals surface area (Å²) in [7, 11) is 1.34. The van der Waals surface area contributed by atoms with Crippen molar-refractivity contribution in [3.63, 3.8) is 0 Å². The van der Waals surface area contributed by atoms with E-state index in [-0.39, 0.29) is 5.91 Å². The van der Waals surface area contributed by atoms with Crippen LogP contribution in [0.4, 0.5) is 0 Å². The number of methoxy groups -OCH3 is 1. The van der Waals surface area contributed by atoms with E-state index >= 15 is 0 Å². The quantitative estimate of drug-likeness (QED) is 0.687. The van der Waals surface area contributed by atoms with Gasteiger partial charge in [-0.15, -0.1) is 0 Å². The summed E-state index contributed by atoms with van der Waals surface area (Å²) < 4.78 is 4.71. The Morgan fingerprint density at radius 3 is 2.71 bits per heavy atom. The van der Waals surface area contributed by atoms with Gasteiger partial charge in [-0.05, 0) is 38.8 Å². The van der Waals surface area contributed by atoms with Crippen LogP contribution in [0.1, 0.15) is 33.1 Å². The highest BCUT2D eigenvalue weighted by molar-refractivity contribution is 5.87. The smallest absolute Gasteiger partial charge is 0.331 e. The summed E-state index contributed by atoms with van der Waals surface area (Å²) in [4.78, 5) is 23.4. The highest BCUT2D eigenvalue weighted by Crippen LogP contribution is 2.15. The van der Waals surface area contributed by atoms with E-state index in [0.29, 0.717) is 18.8 Å². The van der Waals surface area contributed by atoms with Crippen molar-refractivity contribution >= 4 is 11.9 Å². The lowest BCUT2D eigenvalue weighted by molar-refractivity contribution is -0.150. The van der Waals surface area contributed by atoms with Crippen molar-refractivity contribution < 1.29 is 14.3 Å². The fourth-order valence-electron chi connectivity index (χ4n) is 2.02. The summed E-state index contributed by atoms with van der Waals surface area (Å²) in [6.45, 7) is 5.41. The average molecular weight is 242 g/mol. The number of rotatable bonds is 5. The number of hydrogen-bond donors (Lipinski definition) is 2. The fourth-order valence-corrected chi connectivity index (χ4v) is 2.02. The van der Waals surface area contributed by atoms with Gasteiger partial charge >= 0.3 is 5.97 Å². The molecule has 1 unspecified atom stereocenters. The monoisotopic (exact) mass is 242 g/mol. The highest BCUT2D eigenvalue weighted by Gasteiger charge is 2.34. The van der Waals surface area contributed by atoms with E-state index in [1.807, 2.05) is 6.92 Å². The second kappa shape index (κ2) is 6.00. The van der Waals surface area contributed by atoms with Crippen LogP contribution in [0.3, 0.4) is 0 Å². The third-order valence-corrected chi connectivity index (χ3v) is 3.39. The summed E-state index contributed by atoms with van der Waals surface area (Å²) in [6, 6.07) is 0. The van der Waals surface area contributed by atoms with Crippen LogP contribution in [-0.4, -0.2) is 37.6 Å². The van der Waals surface area contributed by atoms with Gasteiger partial charge in [0.1, 0.15) is 5.54 Å². The summed E-state index contributed by atoms with van der Waals surface area (Å²) in [6.07, 6.45) is 2.02. The number of ether oxygens (including phenoxy) is 1. The van der Waals surface area contributed by atoms with E-state index in [4.69, 9.17) is 4.74 Å². The molecule has 98 valence electrons. The van der Waals surface area contributed by atoms with Crippen molar-refractivity contribution in [2.75, 3.05) is 20.2 Å². The molecule has 0 aromatic rings. The molecule has 1 amide bonds. The van der Waals surface area contributed by atoms with Crippen molar-refractivity contribution in [3.8, 4) is 0 Å². The minimum Gasteiger partial charge on any atom is -0.467 e. The zero-order valence-corrected chi connectivity index (χ0v) is 10.8. The Balaban J connectivity index is 2.49. The highest BCUT2D eigenvalue weighted by atomic mass is 16.5. The molecule has 1 heterocycles. The van der Waals surface area contributed by atoms with Gasteiger partial charge in [0.25, 0.3) is 0 Å². The van der Waals surface area contributed by atoms with Gasteiger partial charge in [0.15, 0.2) is 0 Å². The van der Waals surface area contributed by atoms with Crippen LogP contribution >= 0.6 is 0 Å². The molecule has 0 spiro atoms. The number of amides is 1. The SMILES string of the molecule is CCC(C)(NC(=O)C[C@@H]1CCNC1)C(=O)OC. The summed E-state index contributed by atoms with van der Waals surface area (Å²) in [5, 5.41) is 6.00. The molecular formula is C12H22N2O3. The largest absolute Gasteiger partial charge is 0.467 e. The molecule has 0 bridgehead atoms. The molecular weight excluding hydrogens is 220 g/mol. The maximum atomic E-state index is 11.8. The number of carbonyl (C=O) groups is 2. The van der Waals surface area contributed by atoms with Crippen molar-refractivity contribution in [2.45, 2.75) is 38.6 Å². The molecule has 5 nitrogen and oxygen atoms in total. The lowest BCUT2D eigenvalue weighted by Gasteiger charge is -2.27. The van der Waals surface area contributed by atoms with Crippen LogP contribution in [0.2, 0.25) is 0 Å². The van der Waals surface area contributed by atoms with E-state index in [0.717, 1.165) is 19.5 Å². The van der Waals surface area contributed by atoms with Gasteiger partial charge < -0.3 is 15.4 Å². The van der Waals surface area contributed by atoms with E-state index in [2.05, 4.69) is 10.6 Å². The number of esters is 1. The van der Waals surface area contributed by atoms with Gasteiger partial charge in [0.05, 0.1) is 7.11 Å². The lowest BCUT2D eigenvalue weighted by Crippen LogP contribution is -2.52. The van der Waals surface area contributed by atoms with Gasteiger partial charge in [-0.2, -0.15) is 0 Å². The van der Waals surface area contributed by atoms with Gasteiger partial charge in [0.2, 0.25) is 5.91 Å². The van der Waals surface area contributed by atoms with E-state index in [1.54, 1.807) is 6.92 Å². The minimum atomic E-state index is -0.905. The third kappa shape index (κ3) is 3.70. The predicted molar refractivity (Wildman–Crippen MR) is 64.4 cm³/mol. The van der Waals surface area contributed by atoms with Gasteiger partial charge in [-0.3, -0.25) is 4.79 Å². The summed E-state index contributed by atoms with van der Waals surface area (Å²) >= 11 is 0. The van der Waals surface area contributed by atoms with Crippen molar-refractivity contribution in [1.82, 2.24) is 10.6 Å². The first-order valence-electron chi connectivity index (χ1n) is 6.12. The first-order chi connectivity index (χ1) is 8.01. The van der Waals surface area contributed by atoms with Gasteiger partial charge in [-0.1, -0.05) is 6.92 Å². The Bertz CT molecular complexity index is 287. The first kappa shape index (κ1) is 14.0. The van der Waals surface area contributed by atoms with Crippen molar-refractivity contribution in [1.29, 1.82) is 0 Å². The van der Waals surface area contributed by atoms with E-state index in [1.165, 1.54) is 7.11 Å². The Morgan fingerprint density at radius 1 is 1.53 bits per heavy atom. The zero-order valence-electron chi connectivity index (χ0n) is 10.8. The summed E-state index contributed by atoms with van der Waals surface area (Å²) in [5.41, 5.74) is -0.905. The topological polar surface area (TPSA) is 67.4 Å². The number of hydrogen-bond acceptors (Lipinski definition) is 4. The molecule has 1 aliphatic rings. The van der Waals surface area contributed by atoms with Gasteiger partial charge in [-0.25, -0.2) is 4.79 Å². The van der Waals surface area contributed by atoms with Crippen LogP contribution in [0.25, 0.3) is 0 Å². The van der Waals surface area contributed by atoms with Crippen LogP contribution in [0, 0.1) is 5.92 Å². The predicted octanol–water partition coefficient (Wildman–Crippen LogP) is 0.444. The molecule has 1 aliphatic heterocycles. The molecule has 1 fully saturated rings. The summed E-state index contributed by atoms with van der Waals surface area (Å²) in [5.74, 6) is -0.0832. The second-order valence-corrected chi connectivity index (χ2v) is 4.79. The second-order valence-electron chi connectivity index (χ2n) is 4.79. The normalized spacial score (nSPS) is 22.9. The molecule has 17 heavy (non-hydrogen) atoms. The molecule has 1 rings (SSSR count). The Labute approximate surface area is 102 Å². The molecule has 0 aliphatic carbocycles. The van der Waals surface area contributed by atoms with E-state index < -0.39 is 11.5 Å². The molecule has 0 radical (unpaired) electrons. The van der Waals surface area contributed by atoms with Crippen molar-refractivity contribution in [2.24, 2.45) is 5.92 Å².